The minimum atomic E-state index is -0.762. The molecule has 0 aromatic heterocycles. The van der Waals surface area contributed by atoms with Crippen LogP contribution in [0.1, 0.15) is 48.8 Å². The summed E-state index contributed by atoms with van der Waals surface area (Å²) in [6.45, 7) is 6.70. The molecule has 0 heterocycles. The van der Waals surface area contributed by atoms with Gasteiger partial charge in [-0.05, 0) is 81.2 Å². The number of hydrogen-bond acceptors (Lipinski definition) is 3. The molecule has 0 saturated heterocycles. The Bertz CT molecular complexity index is 647. The van der Waals surface area contributed by atoms with Gasteiger partial charge in [-0.2, -0.15) is 0 Å². The van der Waals surface area contributed by atoms with E-state index >= 15 is 0 Å². The van der Waals surface area contributed by atoms with Crippen molar-refractivity contribution in [1.29, 1.82) is 0 Å². The summed E-state index contributed by atoms with van der Waals surface area (Å²) in [7, 11) is 0. The van der Waals surface area contributed by atoms with E-state index in [1.54, 1.807) is 0 Å². The van der Waals surface area contributed by atoms with E-state index in [0.29, 0.717) is 19.4 Å². The molecular weight excluding hydrogens is 364 g/mol. The summed E-state index contributed by atoms with van der Waals surface area (Å²) in [5, 5.41) is 19.0. The van der Waals surface area contributed by atoms with Gasteiger partial charge in [0.25, 0.3) is 0 Å². The van der Waals surface area contributed by atoms with Crippen LogP contribution in [-0.2, 0) is 4.79 Å². The highest BCUT2D eigenvalue weighted by Gasteiger charge is 2.41. The summed E-state index contributed by atoms with van der Waals surface area (Å²) in [6.07, 6.45) is 6.56. The normalized spacial score (nSPS) is 25.2. The molecule has 2 N–H and O–H groups in total. The van der Waals surface area contributed by atoms with Gasteiger partial charge in [0.05, 0.1) is 12.7 Å². The van der Waals surface area contributed by atoms with E-state index in [-0.39, 0.29) is 23.6 Å². The molecule has 4 atom stereocenters. The third-order valence-electron chi connectivity index (χ3n) is 5.65. The molecule has 1 aliphatic carbocycles. The SMILES string of the molecule is Cc1cc(OC[C@@H]2[C@@H](C/C=C\CCCC(=O)O)[C@H](Cl)C[C@H]2O)cc(C)c1C. The smallest absolute Gasteiger partial charge is 0.303 e. The first-order valence-corrected chi connectivity index (χ1v) is 10.1. The van der Waals surface area contributed by atoms with Gasteiger partial charge in [0.1, 0.15) is 5.75 Å². The van der Waals surface area contributed by atoms with Crippen molar-refractivity contribution in [2.24, 2.45) is 11.8 Å². The van der Waals surface area contributed by atoms with Crippen LogP contribution in [0.2, 0.25) is 0 Å². The summed E-state index contributed by atoms with van der Waals surface area (Å²) >= 11 is 6.48. The molecule has 1 aromatic rings. The summed E-state index contributed by atoms with van der Waals surface area (Å²) in [6, 6.07) is 4.08. The maximum absolute atomic E-state index is 10.5. The van der Waals surface area contributed by atoms with Crippen LogP contribution in [0.4, 0.5) is 0 Å². The predicted molar refractivity (Wildman–Crippen MR) is 109 cm³/mol. The second-order valence-electron chi connectivity index (χ2n) is 7.63. The van der Waals surface area contributed by atoms with Crippen LogP contribution in [0.15, 0.2) is 24.3 Å². The third-order valence-corrected chi connectivity index (χ3v) is 6.16. The topological polar surface area (TPSA) is 66.8 Å². The van der Waals surface area contributed by atoms with Gasteiger partial charge in [0.2, 0.25) is 0 Å². The first-order chi connectivity index (χ1) is 12.8. The average Bonchev–Trinajstić information content (AvgIpc) is 2.86. The maximum atomic E-state index is 10.5. The maximum Gasteiger partial charge on any atom is 0.303 e. The van der Waals surface area contributed by atoms with Crippen LogP contribution in [0.25, 0.3) is 0 Å². The van der Waals surface area contributed by atoms with Crippen molar-refractivity contribution < 1.29 is 19.7 Å². The van der Waals surface area contributed by atoms with Gasteiger partial charge in [0.15, 0.2) is 0 Å². The molecule has 0 aliphatic heterocycles. The van der Waals surface area contributed by atoms with Crippen LogP contribution in [0.3, 0.4) is 0 Å². The summed E-state index contributed by atoms with van der Waals surface area (Å²) in [5.41, 5.74) is 3.68. The van der Waals surface area contributed by atoms with E-state index < -0.39 is 12.1 Å². The number of rotatable bonds is 9. The van der Waals surface area contributed by atoms with Crippen LogP contribution >= 0.6 is 11.6 Å². The Balaban J connectivity index is 1.91. The molecule has 4 nitrogen and oxygen atoms in total. The summed E-state index contributed by atoms with van der Waals surface area (Å²) in [4.78, 5) is 10.5. The summed E-state index contributed by atoms with van der Waals surface area (Å²) in [5.74, 6) is 0.230. The quantitative estimate of drug-likeness (QED) is 0.359. The number of ether oxygens (including phenoxy) is 1. The number of alkyl halides is 1. The van der Waals surface area contributed by atoms with E-state index in [4.69, 9.17) is 21.4 Å². The number of allylic oxidation sites excluding steroid dienone is 2. The van der Waals surface area contributed by atoms with Gasteiger partial charge in [0, 0.05) is 17.7 Å². The van der Waals surface area contributed by atoms with E-state index in [1.807, 2.05) is 18.2 Å². The molecule has 1 aromatic carbocycles. The first-order valence-electron chi connectivity index (χ1n) is 9.69. The Kier molecular flexibility index (Phi) is 8.18. The second-order valence-corrected chi connectivity index (χ2v) is 8.19. The number of aliphatic hydroxyl groups excluding tert-OH is 1. The van der Waals surface area contributed by atoms with Crippen molar-refractivity contribution in [3.8, 4) is 5.75 Å². The number of halogens is 1. The molecule has 0 spiro atoms. The third kappa shape index (κ3) is 6.25. The minimum absolute atomic E-state index is 0.00177. The van der Waals surface area contributed by atoms with Crippen LogP contribution < -0.4 is 4.74 Å². The number of unbranched alkanes of at least 4 members (excludes halogenated alkanes) is 1. The predicted octanol–water partition coefficient (Wildman–Crippen LogP) is 4.80. The van der Waals surface area contributed by atoms with Crippen LogP contribution in [0.5, 0.6) is 5.75 Å². The Hall–Kier alpha value is -1.52. The molecule has 1 fully saturated rings. The van der Waals surface area contributed by atoms with Crippen molar-refractivity contribution in [3.05, 3.63) is 41.0 Å². The van der Waals surface area contributed by atoms with Gasteiger partial charge in [-0.1, -0.05) is 12.2 Å². The number of aliphatic hydroxyl groups is 1. The number of aliphatic carboxylic acids is 1. The number of carbonyl (C=O) groups is 1. The highest BCUT2D eigenvalue weighted by molar-refractivity contribution is 6.21. The highest BCUT2D eigenvalue weighted by atomic mass is 35.5. The van der Waals surface area contributed by atoms with Crippen molar-refractivity contribution >= 4 is 17.6 Å². The van der Waals surface area contributed by atoms with E-state index in [2.05, 4.69) is 26.8 Å². The Labute approximate surface area is 167 Å². The lowest BCUT2D eigenvalue weighted by Crippen LogP contribution is -2.27. The molecule has 150 valence electrons. The Morgan fingerprint density at radius 2 is 1.89 bits per heavy atom. The van der Waals surface area contributed by atoms with Gasteiger partial charge >= 0.3 is 5.97 Å². The first kappa shape index (κ1) is 21.8. The minimum Gasteiger partial charge on any atom is -0.493 e. The molecule has 0 bridgehead atoms. The number of carboxylic acid groups (broad SMARTS) is 1. The van der Waals surface area contributed by atoms with E-state index in [1.165, 1.54) is 16.7 Å². The fourth-order valence-corrected chi connectivity index (χ4v) is 4.18. The number of carboxylic acids is 1. The highest BCUT2D eigenvalue weighted by Crippen LogP contribution is 2.39. The fourth-order valence-electron chi connectivity index (χ4n) is 3.71. The Morgan fingerprint density at radius 3 is 2.52 bits per heavy atom. The number of benzene rings is 1. The molecular formula is C22H31ClO4. The number of hydrogen-bond donors (Lipinski definition) is 2. The van der Waals surface area contributed by atoms with Gasteiger partial charge < -0.3 is 14.9 Å². The lowest BCUT2D eigenvalue weighted by Gasteiger charge is -2.23. The molecule has 5 heteroatoms. The monoisotopic (exact) mass is 394 g/mol. The molecule has 1 aliphatic rings. The Morgan fingerprint density at radius 1 is 1.22 bits per heavy atom. The van der Waals surface area contributed by atoms with Crippen LogP contribution in [-0.4, -0.2) is 34.3 Å². The molecule has 1 saturated carbocycles. The van der Waals surface area contributed by atoms with E-state index in [9.17, 15) is 9.90 Å². The standard InChI is InChI=1S/C22H31ClO4/c1-14-10-17(11-15(2)16(14)3)27-13-19-18(20(23)12-21(19)24)8-6-4-5-7-9-22(25)26/h4,6,10-11,18-21,24H,5,7-9,12-13H2,1-3H3,(H,25,26)/b6-4-/t18-,19-,20-,21-/m1/s1. The molecule has 0 unspecified atom stereocenters. The zero-order valence-electron chi connectivity index (χ0n) is 16.5. The number of aryl methyl sites for hydroxylation is 2. The van der Waals surface area contributed by atoms with Crippen molar-refractivity contribution in [2.45, 2.75) is 64.4 Å². The molecule has 0 radical (unpaired) electrons. The zero-order valence-corrected chi connectivity index (χ0v) is 17.2. The fraction of sp³-hybridized carbons (Fsp3) is 0.591. The lowest BCUT2D eigenvalue weighted by molar-refractivity contribution is -0.137. The second kappa shape index (κ2) is 10.1. The van der Waals surface area contributed by atoms with Crippen molar-refractivity contribution in [3.63, 3.8) is 0 Å². The van der Waals surface area contributed by atoms with Gasteiger partial charge in [-0.15, -0.1) is 11.6 Å². The van der Waals surface area contributed by atoms with Gasteiger partial charge in [-0.25, -0.2) is 0 Å². The molecule has 2 rings (SSSR count). The molecule has 27 heavy (non-hydrogen) atoms. The van der Waals surface area contributed by atoms with Crippen molar-refractivity contribution in [2.75, 3.05) is 6.61 Å². The largest absolute Gasteiger partial charge is 0.493 e. The van der Waals surface area contributed by atoms with E-state index in [0.717, 1.165) is 18.6 Å². The molecule has 0 amide bonds. The van der Waals surface area contributed by atoms with Crippen LogP contribution in [0, 0.1) is 32.6 Å². The van der Waals surface area contributed by atoms with Gasteiger partial charge in [-0.3, -0.25) is 4.79 Å². The van der Waals surface area contributed by atoms with Crippen molar-refractivity contribution in [1.82, 2.24) is 0 Å². The average molecular weight is 395 g/mol. The zero-order chi connectivity index (χ0) is 20.0. The summed E-state index contributed by atoms with van der Waals surface area (Å²) < 4.78 is 6.02. The lowest BCUT2D eigenvalue weighted by atomic mass is 9.92.